The van der Waals surface area contributed by atoms with Crippen molar-refractivity contribution in [3.63, 3.8) is 0 Å². The van der Waals surface area contributed by atoms with E-state index >= 15 is 0 Å². The number of carbonyl (C=O) groups is 1. The van der Waals surface area contributed by atoms with Gasteiger partial charge in [0.1, 0.15) is 5.60 Å². The number of H-pyrrole nitrogens is 1. The summed E-state index contributed by atoms with van der Waals surface area (Å²) in [5.74, 6) is 5.95. The minimum Gasteiger partial charge on any atom is -0.444 e. The lowest BCUT2D eigenvalue weighted by Crippen LogP contribution is -2.32. The predicted octanol–water partition coefficient (Wildman–Crippen LogP) is 2.19. The smallest absolute Gasteiger partial charge is 0.407 e. The minimum atomic E-state index is -0.508. The second-order valence-electron chi connectivity index (χ2n) is 5.94. The predicted molar refractivity (Wildman–Crippen MR) is 88.1 cm³/mol. The van der Waals surface area contributed by atoms with Crippen LogP contribution in [0.4, 0.5) is 4.79 Å². The SMILES string of the molecule is CC(C)(C)OC(=O)NCCC#Cc1ccc2c(=O)[nH]cnc2c1. The van der Waals surface area contributed by atoms with Crippen molar-refractivity contribution in [1.82, 2.24) is 15.3 Å². The van der Waals surface area contributed by atoms with Gasteiger partial charge in [-0.05, 0) is 39.0 Å². The Morgan fingerprint density at radius 3 is 2.91 bits per heavy atom. The Morgan fingerprint density at radius 2 is 2.17 bits per heavy atom. The van der Waals surface area contributed by atoms with Crippen LogP contribution in [0.2, 0.25) is 0 Å². The van der Waals surface area contributed by atoms with Crippen molar-refractivity contribution in [2.24, 2.45) is 0 Å². The number of benzene rings is 1. The molecule has 0 bridgehead atoms. The highest BCUT2D eigenvalue weighted by Crippen LogP contribution is 2.08. The van der Waals surface area contributed by atoms with E-state index in [0.29, 0.717) is 23.9 Å². The molecule has 2 N–H and O–H groups in total. The van der Waals surface area contributed by atoms with E-state index < -0.39 is 11.7 Å². The number of aromatic nitrogens is 2. The molecule has 6 nitrogen and oxygen atoms in total. The van der Waals surface area contributed by atoms with Gasteiger partial charge in [0.2, 0.25) is 0 Å². The lowest BCUT2D eigenvalue weighted by molar-refractivity contribution is 0.0529. The maximum atomic E-state index is 11.6. The molecule has 23 heavy (non-hydrogen) atoms. The number of alkyl carbamates (subject to hydrolysis) is 1. The lowest BCUT2D eigenvalue weighted by atomic mass is 10.1. The fourth-order valence-corrected chi connectivity index (χ4v) is 1.85. The van der Waals surface area contributed by atoms with Gasteiger partial charge in [-0.15, -0.1) is 0 Å². The summed E-state index contributed by atoms with van der Waals surface area (Å²) in [6.45, 7) is 5.84. The fraction of sp³-hybridized carbons (Fsp3) is 0.353. The Kier molecular flexibility index (Phi) is 5.02. The van der Waals surface area contributed by atoms with Crippen LogP contribution in [0.15, 0.2) is 29.3 Å². The lowest BCUT2D eigenvalue weighted by Gasteiger charge is -2.19. The molecular weight excluding hydrogens is 294 g/mol. The third kappa shape index (κ3) is 5.15. The third-order valence-corrected chi connectivity index (χ3v) is 2.79. The number of carbonyl (C=O) groups excluding carboxylic acids is 1. The number of nitrogens with zero attached hydrogens (tertiary/aromatic N) is 1. The highest BCUT2D eigenvalue weighted by molar-refractivity contribution is 5.78. The quantitative estimate of drug-likeness (QED) is 0.657. The van der Waals surface area contributed by atoms with E-state index in [2.05, 4.69) is 27.1 Å². The van der Waals surface area contributed by atoms with Crippen LogP contribution in [-0.4, -0.2) is 28.2 Å². The highest BCUT2D eigenvalue weighted by Gasteiger charge is 2.15. The van der Waals surface area contributed by atoms with Crippen molar-refractivity contribution in [1.29, 1.82) is 0 Å². The molecule has 0 atom stereocenters. The molecule has 0 fully saturated rings. The van der Waals surface area contributed by atoms with Crippen LogP contribution >= 0.6 is 0 Å². The van der Waals surface area contributed by atoms with Crippen LogP contribution < -0.4 is 10.9 Å². The van der Waals surface area contributed by atoms with E-state index in [1.807, 2.05) is 20.8 Å². The van der Waals surface area contributed by atoms with Crippen LogP contribution in [0.25, 0.3) is 10.9 Å². The minimum absolute atomic E-state index is 0.170. The molecule has 0 saturated carbocycles. The molecule has 2 aromatic rings. The Hall–Kier alpha value is -2.81. The molecule has 1 heterocycles. The number of ether oxygens (including phenoxy) is 1. The van der Waals surface area contributed by atoms with Gasteiger partial charge in [-0.1, -0.05) is 11.8 Å². The van der Waals surface area contributed by atoms with Gasteiger partial charge in [0.25, 0.3) is 5.56 Å². The van der Waals surface area contributed by atoms with Gasteiger partial charge in [0, 0.05) is 18.5 Å². The van der Waals surface area contributed by atoms with Gasteiger partial charge in [0.15, 0.2) is 0 Å². The topological polar surface area (TPSA) is 84.1 Å². The van der Waals surface area contributed by atoms with Gasteiger partial charge < -0.3 is 15.0 Å². The molecule has 0 spiro atoms. The second kappa shape index (κ2) is 6.97. The second-order valence-corrected chi connectivity index (χ2v) is 5.94. The van der Waals surface area contributed by atoms with Gasteiger partial charge in [0.05, 0.1) is 17.2 Å². The van der Waals surface area contributed by atoms with E-state index in [9.17, 15) is 9.59 Å². The van der Waals surface area contributed by atoms with E-state index in [1.165, 1.54) is 6.33 Å². The van der Waals surface area contributed by atoms with E-state index in [-0.39, 0.29) is 5.56 Å². The number of nitrogens with one attached hydrogen (secondary N) is 2. The fourth-order valence-electron chi connectivity index (χ4n) is 1.85. The molecule has 120 valence electrons. The molecule has 0 aliphatic heterocycles. The summed E-state index contributed by atoms with van der Waals surface area (Å²) >= 11 is 0. The number of hydrogen-bond acceptors (Lipinski definition) is 4. The standard InChI is InChI=1S/C17H19N3O3/c1-17(2,3)23-16(22)18-9-5-4-6-12-7-8-13-14(10-12)19-11-20-15(13)21/h7-8,10-11H,5,9H2,1-3H3,(H,18,22)(H,19,20,21). The zero-order valence-electron chi connectivity index (χ0n) is 13.4. The van der Waals surface area contributed by atoms with Crippen LogP contribution in [0.1, 0.15) is 32.8 Å². The Labute approximate surface area is 134 Å². The Bertz CT molecular complexity index is 823. The first kappa shape index (κ1) is 16.6. The summed E-state index contributed by atoms with van der Waals surface area (Å²) in [7, 11) is 0. The monoisotopic (exact) mass is 313 g/mol. The summed E-state index contributed by atoms with van der Waals surface area (Å²) in [5.41, 5.74) is 0.697. The molecule has 1 amide bonds. The molecular formula is C17H19N3O3. The van der Waals surface area contributed by atoms with Crippen molar-refractivity contribution in [2.75, 3.05) is 6.54 Å². The third-order valence-electron chi connectivity index (χ3n) is 2.79. The van der Waals surface area contributed by atoms with Crippen LogP contribution in [0.3, 0.4) is 0 Å². The molecule has 0 radical (unpaired) electrons. The number of aromatic amines is 1. The molecule has 0 aliphatic carbocycles. The summed E-state index contributed by atoms with van der Waals surface area (Å²) in [5, 5.41) is 3.17. The summed E-state index contributed by atoms with van der Waals surface area (Å²) in [6, 6.07) is 5.23. The molecule has 6 heteroatoms. The van der Waals surface area contributed by atoms with Crippen LogP contribution in [0.5, 0.6) is 0 Å². The molecule has 0 aliphatic rings. The maximum Gasteiger partial charge on any atom is 0.407 e. The van der Waals surface area contributed by atoms with Gasteiger partial charge in [-0.3, -0.25) is 4.79 Å². The van der Waals surface area contributed by atoms with Gasteiger partial charge in [-0.2, -0.15) is 0 Å². The van der Waals surface area contributed by atoms with Crippen molar-refractivity contribution < 1.29 is 9.53 Å². The number of amides is 1. The summed E-state index contributed by atoms with van der Waals surface area (Å²) in [4.78, 5) is 29.6. The largest absolute Gasteiger partial charge is 0.444 e. The van der Waals surface area contributed by atoms with Gasteiger partial charge in [-0.25, -0.2) is 9.78 Å². The average Bonchev–Trinajstić information content (AvgIpc) is 2.45. The first-order valence-corrected chi connectivity index (χ1v) is 7.28. The van der Waals surface area contributed by atoms with Gasteiger partial charge >= 0.3 is 6.09 Å². The van der Waals surface area contributed by atoms with E-state index in [0.717, 1.165) is 5.56 Å². The Morgan fingerprint density at radius 1 is 1.39 bits per heavy atom. The van der Waals surface area contributed by atoms with Crippen molar-refractivity contribution in [3.05, 3.63) is 40.4 Å². The van der Waals surface area contributed by atoms with Crippen LogP contribution in [0, 0.1) is 11.8 Å². The number of rotatable bonds is 2. The normalized spacial score (nSPS) is 10.7. The maximum absolute atomic E-state index is 11.6. The number of hydrogen-bond donors (Lipinski definition) is 2. The molecule has 0 unspecified atom stereocenters. The Balaban J connectivity index is 1.90. The van der Waals surface area contributed by atoms with E-state index in [1.54, 1.807) is 18.2 Å². The first-order valence-electron chi connectivity index (χ1n) is 7.28. The average molecular weight is 313 g/mol. The molecule has 1 aromatic carbocycles. The van der Waals surface area contributed by atoms with Crippen molar-refractivity contribution in [2.45, 2.75) is 32.8 Å². The summed E-state index contributed by atoms with van der Waals surface area (Å²) in [6.07, 6.45) is 1.42. The zero-order valence-corrected chi connectivity index (χ0v) is 13.4. The number of fused-ring (bicyclic) bond motifs is 1. The van der Waals surface area contributed by atoms with Crippen LogP contribution in [-0.2, 0) is 4.74 Å². The van der Waals surface area contributed by atoms with Crippen molar-refractivity contribution in [3.8, 4) is 11.8 Å². The summed E-state index contributed by atoms with van der Waals surface area (Å²) < 4.78 is 5.12. The van der Waals surface area contributed by atoms with Crippen molar-refractivity contribution >= 4 is 17.0 Å². The molecule has 1 aromatic heterocycles. The highest BCUT2D eigenvalue weighted by atomic mass is 16.6. The zero-order chi connectivity index (χ0) is 16.9. The first-order chi connectivity index (χ1) is 10.8. The molecule has 0 saturated heterocycles. The molecule has 2 rings (SSSR count). The van der Waals surface area contributed by atoms with E-state index in [4.69, 9.17) is 4.74 Å².